The van der Waals surface area contributed by atoms with Crippen LogP contribution in [0.3, 0.4) is 0 Å². The van der Waals surface area contributed by atoms with Gasteiger partial charge >= 0.3 is 0 Å². The highest BCUT2D eigenvalue weighted by molar-refractivity contribution is 6.30. The first-order chi connectivity index (χ1) is 16.5. The second-order valence-electron chi connectivity index (χ2n) is 9.68. The average Bonchev–Trinajstić information content (AvgIpc) is 3.12. The molecule has 1 aliphatic rings. The third-order valence-electron chi connectivity index (χ3n) is 7.04. The van der Waals surface area contributed by atoms with Crippen molar-refractivity contribution >= 4 is 29.0 Å². The molecule has 1 N–H and O–H groups in total. The maximum atomic E-state index is 9.63. The van der Waals surface area contributed by atoms with Gasteiger partial charge in [-0.2, -0.15) is 5.26 Å². The van der Waals surface area contributed by atoms with Crippen molar-refractivity contribution in [1.29, 1.82) is 5.26 Å². The molecule has 1 aliphatic heterocycles. The molecular formula is C29H29Cl2N3O. The summed E-state index contributed by atoms with van der Waals surface area (Å²) in [5.41, 5.74) is 1.95. The maximum Gasteiger partial charge on any atom is 0.133 e. The third-order valence-corrected chi connectivity index (χ3v) is 7.55. The molecule has 35 heavy (non-hydrogen) atoms. The van der Waals surface area contributed by atoms with Crippen LogP contribution in [-0.4, -0.2) is 12.4 Å². The van der Waals surface area contributed by atoms with Crippen LogP contribution in [-0.2, 0) is 16.5 Å². The first-order valence-corrected chi connectivity index (χ1v) is 12.4. The van der Waals surface area contributed by atoms with Gasteiger partial charge in [0.15, 0.2) is 0 Å². The predicted octanol–water partition coefficient (Wildman–Crippen LogP) is 7.37. The molecule has 1 heterocycles. The lowest BCUT2D eigenvalue weighted by atomic mass is 9.72. The van der Waals surface area contributed by atoms with Crippen molar-refractivity contribution in [3.63, 3.8) is 0 Å². The van der Waals surface area contributed by atoms with Gasteiger partial charge in [-0.3, -0.25) is 4.99 Å². The summed E-state index contributed by atoms with van der Waals surface area (Å²) in [5.74, 6) is 1.42. The Bertz CT molecular complexity index is 1310. The molecule has 6 heteroatoms. The minimum Gasteiger partial charge on any atom is -0.493 e. The van der Waals surface area contributed by atoms with Crippen LogP contribution >= 0.6 is 23.2 Å². The van der Waals surface area contributed by atoms with Crippen molar-refractivity contribution in [3.8, 4) is 11.8 Å². The Labute approximate surface area is 217 Å². The van der Waals surface area contributed by atoms with E-state index >= 15 is 0 Å². The number of benzene rings is 3. The van der Waals surface area contributed by atoms with Crippen molar-refractivity contribution in [3.05, 3.63) is 99.0 Å². The fourth-order valence-corrected chi connectivity index (χ4v) is 4.81. The van der Waals surface area contributed by atoms with E-state index in [0.29, 0.717) is 22.4 Å². The molecule has 0 aliphatic carbocycles. The molecule has 0 unspecified atom stereocenters. The third kappa shape index (κ3) is 4.40. The number of rotatable bonds is 6. The number of nitrogens with zero attached hydrogens (tertiary/aromatic N) is 2. The smallest absolute Gasteiger partial charge is 0.133 e. The minimum absolute atomic E-state index is 0.500. The molecule has 3 aromatic carbocycles. The van der Waals surface area contributed by atoms with Crippen molar-refractivity contribution in [1.82, 2.24) is 5.32 Å². The van der Waals surface area contributed by atoms with Crippen molar-refractivity contribution in [2.24, 2.45) is 4.99 Å². The number of ether oxygens (including phenoxy) is 1. The molecule has 0 bridgehead atoms. The number of amidine groups is 1. The van der Waals surface area contributed by atoms with E-state index in [9.17, 15) is 5.26 Å². The van der Waals surface area contributed by atoms with Gasteiger partial charge < -0.3 is 10.1 Å². The normalized spacial score (nSPS) is 21.7. The Balaban J connectivity index is 1.90. The van der Waals surface area contributed by atoms with E-state index in [4.69, 9.17) is 32.9 Å². The fourth-order valence-electron chi connectivity index (χ4n) is 4.56. The van der Waals surface area contributed by atoms with E-state index in [2.05, 4.69) is 25.2 Å². The summed E-state index contributed by atoms with van der Waals surface area (Å²) >= 11 is 12.4. The summed E-state index contributed by atoms with van der Waals surface area (Å²) in [6.07, 6.45) is 0. The number of halogens is 2. The van der Waals surface area contributed by atoms with Gasteiger partial charge in [0.25, 0.3) is 0 Å². The van der Waals surface area contributed by atoms with Crippen molar-refractivity contribution in [2.75, 3.05) is 6.61 Å². The largest absolute Gasteiger partial charge is 0.493 e. The van der Waals surface area contributed by atoms with Crippen LogP contribution in [0.5, 0.6) is 5.75 Å². The highest BCUT2D eigenvalue weighted by atomic mass is 35.5. The standard InChI is InChI=1S/C29H29Cl2N3O/c1-6-35-25-17-21(27(2,3)18-32)11-16-24(25)26-33-28(4,19-7-12-22(30)13-8-19)29(5,34-26)20-9-14-23(31)15-10-20/h7-17H,6H2,1-5H3,(H,33,34)/t28-,29-/m0/s1. The Morgan fingerprint density at radius 1 is 0.943 bits per heavy atom. The van der Waals surface area contributed by atoms with Crippen LogP contribution < -0.4 is 10.1 Å². The van der Waals surface area contributed by atoms with E-state index in [1.807, 2.05) is 87.5 Å². The number of hydrogen-bond donors (Lipinski definition) is 1. The molecule has 0 spiro atoms. The lowest BCUT2D eigenvalue weighted by molar-refractivity contribution is 0.268. The van der Waals surface area contributed by atoms with Crippen LogP contribution in [0, 0.1) is 11.3 Å². The van der Waals surface area contributed by atoms with Gasteiger partial charge in [0.1, 0.15) is 17.1 Å². The SMILES string of the molecule is CCOc1cc(C(C)(C)C#N)ccc1C1=N[C@@](C)(c2ccc(Cl)cc2)[C@](C)(c2ccc(Cl)cc2)N1. The molecule has 2 atom stereocenters. The van der Waals surface area contributed by atoms with Gasteiger partial charge in [-0.1, -0.05) is 53.5 Å². The first kappa shape index (κ1) is 25.1. The molecule has 0 saturated carbocycles. The van der Waals surface area contributed by atoms with Gasteiger partial charge in [-0.25, -0.2) is 0 Å². The second kappa shape index (κ2) is 9.22. The van der Waals surface area contributed by atoms with Crippen molar-refractivity contribution < 1.29 is 4.74 Å². The molecule has 0 saturated heterocycles. The lowest BCUT2D eigenvalue weighted by Gasteiger charge is -2.40. The summed E-state index contributed by atoms with van der Waals surface area (Å²) < 4.78 is 6.04. The topological polar surface area (TPSA) is 57.4 Å². The molecular weight excluding hydrogens is 477 g/mol. The Kier molecular flexibility index (Phi) is 6.62. The van der Waals surface area contributed by atoms with E-state index in [0.717, 1.165) is 28.1 Å². The quantitative estimate of drug-likeness (QED) is 0.380. The molecule has 180 valence electrons. The van der Waals surface area contributed by atoms with Gasteiger partial charge in [0, 0.05) is 10.0 Å². The summed E-state index contributed by atoms with van der Waals surface area (Å²) in [5, 5.41) is 14.7. The van der Waals surface area contributed by atoms with Crippen LogP contribution in [0.15, 0.2) is 71.7 Å². The zero-order valence-corrected chi connectivity index (χ0v) is 22.1. The minimum atomic E-state index is -0.658. The van der Waals surface area contributed by atoms with Gasteiger partial charge in [-0.05, 0) is 87.7 Å². The maximum absolute atomic E-state index is 9.63. The summed E-state index contributed by atoms with van der Waals surface area (Å²) in [6.45, 7) is 10.5. The molecule has 0 aromatic heterocycles. The van der Waals surface area contributed by atoms with Crippen LogP contribution in [0.1, 0.15) is 56.9 Å². The highest BCUT2D eigenvalue weighted by Crippen LogP contribution is 2.48. The second-order valence-corrected chi connectivity index (χ2v) is 10.6. The van der Waals surface area contributed by atoms with Gasteiger partial charge in [-0.15, -0.1) is 0 Å². The van der Waals surface area contributed by atoms with E-state index in [1.165, 1.54) is 0 Å². The number of nitriles is 1. The molecule has 4 nitrogen and oxygen atoms in total. The molecule has 3 aromatic rings. The zero-order chi connectivity index (χ0) is 25.4. The van der Waals surface area contributed by atoms with Crippen LogP contribution in [0.25, 0.3) is 0 Å². The number of nitrogens with one attached hydrogen (secondary N) is 1. The number of aliphatic imine (C=N–C) groups is 1. The van der Waals surface area contributed by atoms with Crippen LogP contribution in [0.2, 0.25) is 10.0 Å². The zero-order valence-electron chi connectivity index (χ0n) is 20.6. The Morgan fingerprint density at radius 2 is 1.51 bits per heavy atom. The van der Waals surface area contributed by atoms with E-state index in [1.54, 1.807) is 0 Å². The predicted molar refractivity (Wildman–Crippen MR) is 144 cm³/mol. The highest BCUT2D eigenvalue weighted by Gasteiger charge is 2.52. The van der Waals surface area contributed by atoms with Crippen LogP contribution in [0.4, 0.5) is 0 Å². The summed E-state index contributed by atoms with van der Waals surface area (Å²) in [6, 6.07) is 24.0. The Hall–Kier alpha value is -3.00. The number of hydrogen-bond acceptors (Lipinski definition) is 4. The monoisotopic (exact) mass is 505 g/mol. The molecule has 4 rings (SSSR count). The first-order valence-electron chi connectivity index (χ1n) is 11.6. The molecule has 0 radical (unpaired) electrons. The lowest BCUT2D eigenvalue weighted by Crippen LogP contribution is -2.50. The fraction of sp³-hybridized carbons (Fsp3) is 0.310. The molecule has 0 amide bonds. The average molecular weight is 506 g/mol. The summed E-state index contributed by atoms with van der Waals surface area (Å²) in [7, 11) is 0. The van der Waals surface area contributed by atoms with Gasteiger partial charge in [0.2, 0.25) is 0 Å². The van der Waals surface area contributed by atoms with E-state index in [-0.39, 0.29) is 0 Å². The summed E-state index contributed by atoms with van der Waals surface area (Å²) in [4.78, 5) is 5.28. The van der Waals surface area contributed by atoms with Crippen molar-refractivity contribution in [2.45, 2.75) is 51.1 Å². The molecule has 0 fully saturated rings. The Morgan fingerprint density at radius 3 is 2.06 bits per heavy atom. The van der Waals surface area contributed by atoms with E-state index < -0.39 is 16.5 Å². The van der Waals surface area contributed by atoms with Gasteiger partial charge in [0.05, 0.1) is 29.2 Å².